The third kappa shape index (κ3) is 2.36. The molecular formula is C13H16N2O3. The quantitative estimate of drug-likeness (QED) is 0.781. The number of aliphatic hydroxyl groups excluding tert-OH is 1. The second-order valence-corrected chi connectivity index (χ2v) is 4.31. The third-order valence-corrected chi connectivity index (χ3v) is 3.06. The van der Waals surface area contributed by atoms with Crippen molar-refractivity contribution < 1.29 is 14.7 Å². The smallest absolute Gasteiger partial charge is 0.325 e. The fourth-order valence-electron chi connectivity index (χ4n) is 1.94. The second kappa shape index (κ2) is 5.18. The van der Waals surface area contributed by atoms with Gasteiger partial charge in [0.15, 0.2) is 0 Å². The Bertz CT molecular complexity index is 456. The summed E-state index contributed by atoms with van der Waals surface area (Å²) < 4.78 is 0. The zero-order valence-electron chi connectivity index (χ0n) is 10.2. The van der Waals surface area contributed by atoms with Crippen molar-refractivity contribution in [2.45, 2.75) is 32.5 Å². The number of hydrogen-bond donors (Lipinski definition) is 2. The van der Waals surface area contributed by atoms with Crippen molar-refractivity contribution in [2.24, 2.45) is 0 Å². The molecule has 1 heterocycles. The van der Waals surface area contributed by atoms with Crippen LogP contribution in [0.15, 0.2) is 24.3 Å². The van der Waals surface area contributed by atoms with Crippen LogP contribution in [0.2, 0.25) is 0 Å². The van der Waals surface area contributed by atoms with E-state index >= 15 is 0 Å². The molecule has 5 heteroatoms. The number of nitrogens with zero attached hydrogens (tertiary/aromatic N) is 1. The molecule has 0 spiro atoms. The molecule has 1 fully saturated rings. The van der Waals surface area contributed by atoms with Gasteiger partial charge >= 0.3 is 6.03 Å². The lowest BCUT2D eigenvalue weighted by Gasteiger charge is -2.13. The monoisotopic (exact) mass is 248 g/mol. The first-order chi connectivity index (χ1) is 8.65. The van der Waals surface area contributed by atoms with Gasteiger partial charge in [-0.2, -0.15) is 0 Å². The van der Waals surface area contributed by atoms with Crippen LogP contribution in [0.25, 0.3) is 0 Å². The second-order valence-electron chi connectivity index (χ2n) is 4.31. The first-order valence-corrected chi connectivity index (χ1v) is 5.96. The molecule has 96 valence electrons. The number of benzene rings is 1. The lowest BCUT2D eigenvalue weighted by molar-refractivity contribution is -0.127. The molecule has 3 amide bonds. The lowest BCUT2D eigenvalue weighted by atomic mass is 10.1. The Kier molecular flexibility index (Phi) is 3.62. The maximum absolute atomic E-state index is 11.9. The Labute approximate surface area is 105 Å². The molecule has 1 atom stereocenters. The third-order valence-electron chi connectivity index (χ3n) is 3.06. The molecule has 1 unspecified atom stereocenters. The minimum Gasteiger partial charge on any atom is -0.392 e. The van der Waals surface area contributed by atoms with E-state index in [4.69, 9.17) is 5.11 Å². The predicted octanol–water partition coefficient (Wildman–Crippen LogP) is 1.01. The number of rotatable bonds is 4. The Hall–Kier alpha value is -1.88. The maximum atomic E-state index is 11.9. The van der Waals surface area contributed by atoms with Gasteiger partial charge in [-0.3, -0.25) is 9.69 Å². The largest absolute Gasteiger partial charge is 0.392 e. The molecule has 0 aliphatic carbocycles. The Morgan fingerprint density at radius 3 is 2.33 bits per heavy atom. The highest BCUT2D eigenvalue weighted by Gasteiger charge is 2.36. The fraction of sp³-hybridized carbons (Fsp3) is 0.385. The highest BCUT2D eigenvalue weighted by molar-refractivity contribution is 6.04. The van der Waals surface area contributed by atoms with E-state index in [-0.39, 0.29) is 25.1 Å². The highest BCUT2D eigenvalue weighted by atomic mass is 16.3. The molecule has 0 saturated carbocycles. The molecule has 0 bridgehead atoms. The molecule has 0 radical (unpaired) electrons. The summed E-state index contributed by atoms with van der Waals surface area (Å²) in [5.74, 6) is -0.172. The molecule has 1 aliphatic rings. The van der Waals surface area contributed by atoms with Crippen molar-refractivity contribution in [3.05, 3.63) is 35.4 Å². The number of carbonyl (C=O) groups is 2. The first-order valence-electron chi connectivity index (χ1n) is 5.96. The van der Waals surface area contributed by atoms with E-state index in [1.165, 1.54) is 4.90 Å². The Morgan fingerprint density at radius 1 is 1.22 bits per heavy atom. The molecule has 1 saturated heterocycles. The summed E-state index contributed by atoms with van der Waals surface area (Å²) in [6.07, 6.45) is 0.602. The van der Waals surface area contributed by atoms with Gasteiger partial charge in [0.05, 0.1) is 13.2 Å². The summed E-state index contributed by atoms with van der Waals surface area (Å²) in [5.41, 5.74) is 1.68. The SMILES string of the molecule is CCC1NC(=O)N(Cc2ccc(CO)cc2)C1=O. The van der Waals surface area contributed by atoms with Crippen molar-refractivity contribution in [3.63, 3.8) is 0 Å². The number of imide groups is 1. The number of urea groups is 1. The Balaban J connectivity index is 2.08. The van der Waals surface area contributed by atoms with E-state index < -0.39 is 6.04 Å². The van der Waals surface area contributed by atoms with E-state index in [9.17, 15) is 9.59 Å². The number of amides is 3. The van der Waals surface area contributed by atoms with Crippen LogP contribution >= 0.6 is 0 Å². The van der Waals surface area contributed by atoms with Crippen LogP contribution in [0.4, 0.5) is 4.79 Å². The van der Waals surface area contributed by atoms with Gasteiger partial charge in [-0.25, -0.2) is 4.79 Å². The normalized spacial score (nSPS) is 19.2. The van der Waals surface area contributed by atoms with E-state index in [0.717, 1.165) is 11.1 Å². The highest BCUT2D eigenvalue weighted by Crippen LogP contribution is 2.14. The molecule has 0 aromatic heterocycles. The molecule has 5 nitrogen and oxygen atoms in total. The molecule has 2 rings (SSSR count). The van der Waals surface area contributed by atoms with E-state index in [2.05, 4.69) is 5.32 Å². The molecular weight excluding hydrogens is 232 g/mol. The van der Waals surface area contributed by atoms with Crippen molar-refractivity contribution in [2.75, 3.05) is 0 Å². The zero-order chi connectivity index (χ0) is 13.1. The van der Waals surface area contributed by atoms with Gasteiger partial charge < -0.3 is 10.4 Å². The topological polar surface area (TPSA) is 69.6 Å². The molecule has 1 aromatic rings. The first kappa shape index (κ1) is 12.6. The fourth-order valence-corrected chi connectivity index (χ4v) is 1.94. The van der Waals surface area contributed by atoms with Gasteiger partial charge in [-0.15, -0.1) is 0 Å². The van der Waals surface area contributed by atoms with Crippen molar-refractivity contribution in [3.8, 4) is 0 Å². The maximum Gasteiger partial charge on any atom is 0.325 e. The van der Waals surface area contributed by atoms with Crippen LogP contribution in [0.5, 0.6) is 0 Å². The summed E-state index contributed by atoms with van der Waals surface area (Å²) in [5, 5.41) is 11.6. The predicted molar refractivity (Wildman–Crippen MR) is 65.5 cm³/mol. The van der Waals surface area contributed by atoms with Gasteiger partial charge in [-0.1, -0.05) is 31.2 Å². The summed E-state index contributed by atoms with van der Waals surface area (Å²) in [6, 6.07) is 6.46. The molecule has 18 heavy (non-hydrogen) atoms. The van der Waals surface area contributed by atoms with E-state index in [1.807, 2.05) is 19.1 Å². The average molecular weight is 248 g/mol. The number of carbonyl (C=O) groups excluding carboxylic acids is 2. The number of aliphatic hydroxyl groups is 1. The lowest BCUT2D eigenvalue weighted by Crippen LogP contribution is -2.30. The molecule has 1 aliphatic heterocycles. The van der Waals surface area contributed by atoms with Crippen LogP contribution in [-0.2, 0) is 17.9 Å². The van der Waals surface area contributed by atoms with Crippen LogP contribution < -0.4 is 5.32 Å². The van der Waals surface area contributed by atoms with Crippen molar-refractivity contribution in [1.29, 1.82) is 0 Å². The van der Waals surface area contributed by atoms with Gasteiger partial charge in [0.1, 0.15) is 6.04 Å². The minimum atomic E-state index is -0.394. The Morgan fingerprint density at radius 2 is 1.83 bits per heavy atom. The van der Waals surface area contributed by atoms with Gasteiger partial charge in [-0.05, 0) is 17.5 Å². The minimum absolute atomic E-state index is 0.0126. The van der Waals surface area contributed by atoms with Gasteiger partial charge in [0.25, 0.3) is 5.91 Å². The zero-order valence-corrected chi connectivity index (χ0v) is 10.2. The van der Waals surface area contributed by atoms with Crippen molar-refractivity contribution >= 4 is 11.9 Å². The van der Waals surface area contributed by atoms with Crippen LogP contribution in [0.1, 0.15) is 24.5 Å². The van der Waals surface area contributed by atoms with Gasteiger partial charge in [0, 0.05) is 0 Å². The number of nitrogens with one attached hydrogen (secondary N) is 1. The average Bonchev–Trinajstić information content (AvgIpc) is 2.67. The summed E-state index contributed by atoms with van der Waals surface area (Å²) in [6.45, 7) is 2.12. The summed E-state index contributed by atoms with van der Waals surface area (Å²) in [4.78, 5) is 24.7. The standard InChI is InChI=1S/C13H16N2O3/c1-2-11-12(17)15(13(18)14-11)7-9-3-5-10(8-16)6-4-9/h3-6,11,16H,2,7-8H2,1H3,(H,14,18). The van der Waals surface area contributed by atoms with Gasteiger partial charge in [0.2, 0.25) is 0 Å². The summed E-state index contributed by atoms with van der Waals surface area (Å²) in [7, 11) is 0. The molecule has 2 N–H and O–H groups in total. The molecule has 1 aromatic carbocycles. The van der Waals surface area contributed by atoms with E-state index in [1.54, 1.807) is 12.1 Å². The van der Waals surface area contributed by atoms with Crippen LogP contribution in [-0.4, -0.2) is 28.0 Å². The van der Waals surface area contributed by atoms with E-state index in [0.29, 0.717) is 6.42 Å². The van der Waals surface area contributed by atoms with Crippen molar-refractivity contribution in [1.82, 2.24) is 10.2 Å². The van der Waals surface area contributed by atoms with Crippen LogP contribution in [0.3, 0.4) is 0 Å². The summed E-state index contributed by atoms with van der Waals surface area (Å²) >= 11 is 0. The number of hydrogen-bond acceptors (Lipinski definition) is 3. The van der Waals surface area contributed by atoms with Crippen LogP contribution in [0, 0.1) is 0 Å².